The Kier molecular flexibility index (Phi) is 4.20. The van der Waals surface area contributed by atoms with Gasteiger partial charge in [-0.15, -0.1) is 0 Å². The first-order valence-electron chi connectivity index (χ1n) is 6.90. The van der Waals surface area contributed by atoms with Crippen molar-refractivity contribution in [2.24, 2.45) is 5.73 Å². The molecule has 2 N–H and O–H groups in total. The van der Waals surface area contributed by atoms with Crippen LogP contribution in [0.4, 0.5) is 0 Å². The van der Waals surface area contributed by atoms with Gasteiger partial charge in [0.15, 0.2) is 0 Å². The average molecular weight is 319 g/mol. The van der Waals surface area contributed by atoms with Crippen molar-refractivity contribution in [3.8, 4) is 0 Å². The fraction of sp³-hybridized carbons (Fsp3) is 0.176. The lowest BCUT2D eigenvalue weighted by molar-refractivity contribution is 0.836. The van der Waals surface area contributed by atoms with E-state index in [1.807, 2.05) is 18.2 Å². The number of fused-ring (bicyclic) bond motifs is 1. The van der Waals surface area contributed by atoms with Crippen molar-refractivity contribution in [3.05, 3.63) is 69.8 Å². The molecule has 1 aromatic heterocycles. The molecule has 0 amide bonds. The highest BCUT2D eigenvalue weighted by Gasteiger charge is 2.06. The minimum absolute atomic E-state index is 0.586. The van der Waals surface area contributed by atoms with E-state index in [1.54, 1.807) is 0 Å². The van der Waals surface area contributed by atoms with Gasteiger partial charge in [0.2, 0.25) is 0 Å². The van der Waals surface area contributed by atoms with Gasteiger partial charge in [0.1, 0.15) is 0 Å². The van der Waals surface area contributed by atoms with Crippen molar-refractivity contribution in [1.82, 2.24) is 4.57 Å². The van der Waals surface area contributed by atoms with Gasteiger partial charge in [-0.1, -0.05) is 41.4 Å². The van der Waals surface area contributed by atoms with E-state index in [0.717, 1.165) is 18.5 Å². The van der Waals surface area contributed by atoms with Gasteiger partial charge < -0.3 is 10.3 Å². The maximum Gasteiger partial charge on any atom is 0.0595 e. The summed E-state index contributed by atoms with van der Waals surface area (Å²) in [7, 11) is 0. The molecular formula is C17H16Cl2N2. The average Bonchev–Trinajstić information content (AvgIpc) is 2.88. The molecule has 2 nitrogen and oxygen atoms in total. The van der Waals surface area contributed by atoms with E-state index in [0.29, 0.717) is 16.6 Å². The van der Waals surface area contributed by atoms with E-state index < -0.39 is 0 Å². The zero-order valence-corrected chi connectivity index (χ0v) is 13.0. The molecule has 3 rings (SSSR count). The van der Waals surface area contributed by atoms with Gasteiger partial charge >= 0.3 is 0 Å². The third-order valence-electron chi connectivity index (χ3n) is 3.65. The molecule has 0 aliphatic heterocycles. The Bertz CT molecular complexity index is 778. The minimum Gasteiger partial charge on any atom is -0.343 e. The summed E-state index contributed by atoms with van der Waals surface area (Å²) >= 11 is 12.0. The summed E-state index contributed by atoms with van der Waals surface area (Å²) in [5.74, 6) is 0. The Hall–Kier alpha value is -1.48. The molecule has 0 saturated carbocycles. The van der Waals surface area contributed by atoms with Crippen LogP contribution in [0.15, 0.2) is 48.7 Å². The second-order valence-corrected chi connectivity index (χ2v) is 5.90. The monoisotopic (exact) mass is 318 g/mol. The smallest absolute Gasteiger partial charge is 0.0595 e. The number of hydrogen-bond donors (Lipinski definition) is 1. The zero-order chi connectivity index (χ0) is 14.8. The van der Waals surface area contributed by atoms with E-state index in [4.69, 9.17) is 28.9 Å². The van der Waals surface area contributed by atoms with Gasteiger partial charge in [-0.05, 0) is 48.4 Å². The van der Waals surface area contributed by atoms with Crippen molar-refractivity contribution in [2.75, 3.05) is 6.54 Å². The molecule has 0 aliphatic rings. The van der Waals surface area contributed by atoms with Gasteiger partial charge in [0.05, 0.1) is 10.0 Å². The predicted molar refractivity (Wildman–Crippen MR) is 90.3 cm³/mol. The number of aromatic nitrogens is 1. The number of nitrogens with zero attached hydrogens (tertiary/aromatic N) is 1. The van der Waals surface area contributed by atoms with Crippen LogP contribution in [0.3, 0.4) is 0 Å². The van der Waals surface area contributed by atoms with E-state index in [1.165, 1.54) is 16.5 Å². The number of benzene rings is 2. The molecule has 0 fully saturated rings. The second-order valence-electron chi connectivity index (χ2n) is 5.08. The zero-order valence-electron chi connectivity index (χ0n) is 11.5. The summed E-state index contributed by atoms with van der Waals surface area (Å²) in [6, 6.07) is 14.3. The van der Waals surface area contributed by atoms with Crippen molar-refractivity contribution in [3.63, 3.8) is 0 Å². The maximum absolute atomic E-state index is 6.08. The summed E-state index contributed by atoms with van der Waals surface area (Å²) in [5.41, 5.74) is 9.32. The van der Waals surface area contributed by atoms with Crippen LogP contribution >= 0.6 is 23.2 Å². The first-order chi connectivity index (χ1) is 10.2. The lowest BCUT2D eigenvalue weighted by atomic mass is 10.1. The van der Waals surface area contributed by atoms with Crippen LogP contribution in [0, 0.1) is 0 Å². The maximum atomic E-state index is 6.08. The fourth-order valence-electron chi connectivity index (χ4n) is 2.63. The van der Waals surface area contributed by atoms with Crippen LogP contribution in [0.2, 0.25) is 10.0 Å². The summed E-state index contributed by atoms with van der Waals surface area (Å²) < 4.78 is 2.22. The fourth-order valence-corrected chi connectivity index (χ4v) is 2.95. The molecule has 1 heterocycles. The molecule has 0 aliphatic carbocycles. The number of halogens is 2. The highest BCUT2D eigenvalue weighted by molar-refractivity contribution is 6.42. The summed E-state index contributed by atoms with van der Waals surface area (Å²) in [4.78, 5) is 0. The molecular weight excluding hydrogens is 303 g/mol. The summed E-state index contributed by atoms with van der Waals surface area (Å²) in [6.07, 6.45) is 3.00. The second kappa shape index (κ2) is 6.10. The summed E-state index contributed by atoms with van der Waals surface area (Å²) in [6.45, 7) is 1.43. The van der Waals surface area contributed by atoms with Crippen LogP contribution in [-0.4, -0.2) is 11.1 Å². The van der Waals surface area contributed by atoms with E-state index in [-0.39, 0.29) is 0 Å². The first-order valence-corrected chi connectivity index (χ1v) is 7.65. The summed E-state index contributed by atoms with van der Waals surface area (Å²) in [5, 5.41) is 2.44. The Labute approximate surface area is 134 Å². The Morgan fingerprint density at radius 2 is 1.86 bits per heavy atom. The van der Waals surface area contributed by atoms with Crippen molar-refractivity contribution in [1.29, 1.82) is 0 Å². The minimum atomic E-state index is 0.586. The Morgan fingerprint density at radius 1 is 1.00 bits per heavy atom. The number of nitrogens with two attached hydrogens (primary N) is 1. The first kappa shape index (κ1) is 14.5. The Balaban J connectivity index is 1.97. The van der Waals surface area contributed by atoms with Crippen LogP contribution in [0.25, 0.3) is 10.9 Å². The number of hydrogen-bond acceptors (Lipinski definition) is 1. The molecule has 21 heavy (non-hydrogen) atoms. The third-order valence-corrected chi connectivity index (χ3v) is 4.39. The van der Waals surface area contributed by atoms with Crippen molar-refractivity contribution >= 4 is 34.1 Å². The standard InChI is InChI=1S/C17H16Cl2N2/c18-15-5-4-12(10-16(15)19)11-21-9-7-14-13(6-8-20)2-1-3-17(14)21/h1-5,7,9-10H,6,8,11,20H2. The van der Waals surface area contributed by atoms with Crippen molar-refractivity contribution in [2.45, 2.75) is 13.0 Å². The molecule has 108 valence electrons. The predicted octanol–water partition coefficient (Wildman–Crippen LogP) is 4.50. The van der Waals surface area contributed by atoms with E-state index in [9.17, 15) is 0 Å². The van der Waals surface area contributed by atoms with Gasteiger partial charge in [0.25, 0.3) is 0 Å². The molecule has 0 bridgehead atoms. The Morgan fingerprint density at radius 3 is 2.62 bits per heavy atom. The molecule has 0 atom stereocenters. The molecule has 4 heteroatoms. The molecule has 0 unspecified atom stereocenters. The molecule has 0 saturated heterocycles. The molecule has 2 aromatic carbocycles. The van der Waals surface area contributed by atoms with Gasteiger partial charge in [0, 0.05) is 23.6 Å². The van der Waals surface area contributed by atoms with Crippen LogP contribution < -0.4 is 5.73 Å². The quantitative estimate of drug-likeness (QED) is 0.754. The highest BCUT2D eigenvalue weighted by Crippen LogP contribution is 2.25. The normalized spacial score (nSPS) is 11.2. The molecule has 0 spiro atoms. The van der Waals surface area contributed by atoms with Crippen LogP contribution in [0.5, 0.6) is 0 Å². The van der Waals surface area contributed by atoms with Gasteiger partial charge in [-0.25, -0.2) is 0 Å². The largest absolute Gasteiger partial charge is 0.343 e. The van der Waals surface area contributed by atoms with Gasteiger partial charge in [-0.3, -0.25) is 0 Å². The molecule has 0 radical (unpaired) electrons. The van der Waals surface area contributed by atoms with Gasteiger partial charge in [-0.2, -0.15) is 0 Å². The van der Waals surface area contributed by atoms with Crippen LogP contribution in [-0.2, 0) is 13.0 Å². The molecule has 3 aromatic rings. The van der Waals surface area contributed by atoms with E-state index >= 15 is 0 Å². The number of rotatable bonds is 4. The lowest BCUT2D eigenvalue weighted by Crippen LogP contribution is -2.03. The van der Waals surface area contributed by atoms with Crippen LogP contribution in [0.1, 0.15) is 11.1 Å². The SMILES string of the molecule is NCCc1cccc2c1ccn2Cc1ccc(Cl)c(Cl)c1. The highest BCUT2D eigenvalue weighted by atomic mass is 35.5. The third kappa shape index (κ3) is 2.93. The lowest BCUT2D eigenvalue weighted by Gasteiger charge is -2.08. The topological polar surface area (TPSA) is 30.9 Å². The van der Waals surface area contributed by atoms with Crippen molar-refractivity contribution < 1.29 is 0 Å². The van der Waals surface area contributed by atoms with E-state index in [2.05, 4.69) is 35.0 Å².